The van der Waals surface area contributed by atoms with E-state index in [1.807, 2.05) is 23.1 Å². The molecule has 1 aromatic heterocycles. The van der Waals surface area contributed by atoms with Gasteiger partial charge in [0, 0.05) is 36.7 Å². The summed E-state index contributed by atoms with van der Waals surface area (Å²) in [5, 5.41) is 7.33. The van der Waals surface area contributed by atoms with Gasteiger partial charge in [0.25, 0.3) is 0 Å². The van der Waals surface area contributed by atoms with Crippen LogP contribution < -0.4 is 5.32 Å². The number of aromatic nitrogens is 2. The van der Waals surface area contributed by atoms with Crippen LogP contribution in [-0.2, 0) is 4.74 Å². The van der Waals surface area contributed by atoms with Crippen molar-refractivity contribution in [3.05, 3.63) is 42.1 Å². The summed E-state index contributed by atoms with van der Waals surface area (Å²) in [7, 11) is 0. The molecule has 3 heterocycles. The number of nitrogens with one attached hydrogen (secondary N) is 1. The van der Waals surface area contributed by atoms with Gasteiger partial charge in [-0.15, -0.1) is 5.10 Å². The molecule has 0 aliphatic carbocycles. The zero-order valence-corrected chi connectivity index (χ0v) is 13.5. The Bertz CT molecular complexity index is 671. The van der Waals surface area contributed by atoms with E-state index in [0.29, 0.717) is 5.00 Å². The summed E-state index contributed by atoms with van der Waals surface area (Å²) in [6, 6.07) is 10.3. The zero-order chi connectivity index (χ0) is 15.7. The molecule has 2 aliphatic rings. The first kappa shape index (κ1) is 14.6. The summed E-state index contributed by atoms with van der Waals surface area (Å²) in [4.78, 5) is 14.6. The number of carbonyl (C=O) groups is 1. The molecule has 1 unspecified atom stereocenters. The van der Waals surface area contributed by atoms with Gasteiger partial charge >= 0.3 is 6.03 Å². The van der Waals surface area contributed by atoms with Gasteiger partial charge < -0.3 is 9.64 Å². The van der Waals surface area contributed by atoms with Crippen molar-refractivity contribution in [3.63, 3.8) is 0 Å². The standard InChI is InChI=1S/C16H18N4O2S/c21-15(18-13-10-17-19-23-13)20-11-16(6-8-22-9-7-16)14(20)12-4-2-1-3-5-12/h1-5,10,14H,6-9,11H2,(H,18,21). The molecule has 1 atom stereocenters. The lowest BCUT2D eigenvalue weighted by Gasteiger charge is -2.59. The van der Waals surface area contributed by atoms with Crippen molar-refractivity contribution in [1.82, 2.24) is 14.5 Å². The first-order chi connectivity index (χ1) is 11.3. The van der Waals surface area contributed by atoms with Crippen molar-refractivity contribution >= 4 is 22.6 Å². The molecular weight excluding hydrogens is 312 g/mol. The molecule has 2 saturated heterocycles. The third kappa shape index (κ3) is 2.60. The maximum absolute atomic E-state index is 12.6. The Labute approximate surface area is 138 Å². The van der Waals surface area contributed by atoms with Crippen LogP contribution in [0, 0.1) is 5.41 Å². The summed E-state index contributed by atoms with van der Waals surface area (Å²) in [6.45, 7) is 2.32. The van der Waals surface area contributed by atoms with Crippen molar-refractivity contribution < 1.29 is 9.53 Å². The summed E-state index contributed by atoms with van der Waals surface area (Å²) in [5.41, 5.74) is 1.33. The van der Waals surface area contributed by atoms with Crippen LogP contribution in [0.1, 0.15) is 24.4 Å². The van der Waals surface area contributed by atoms with Gasteiger partial charge in [0.15, 0.2) is 0 Å². The van der Waals surface area contributed by atoms with Crippen LogP contribution in [0.4, 0.5) is 9.80 Å². The topological polar surface area (TPSA) is 67.4 Å². The summed E-state index contributed by atoms with van der Waals surface area (Å²) >= 11 is 1.19. The number of ether oxygens (including phenoxy) is 1. The summed E-state index contributed by atoms with van der Waals surface area (Å²) in [6.07, 6.45) is 3.57. The van der Waals surface area contributed by atoms with Crippen LogP contribution in [0.5, 0.6) is 0 Å². The minimum atomic E-state index is -0.0815. The molecule has 2 aromatic rings. The predicted octanol–water partition coefficient (Wildman–Crippen LogP) is 2.92. The fourth-order valence-corrected chi connectivity index (χ4v) is 4.11. The van der Waals surface area contributed by atoms with E-state index in [4.69, 9.17) is 4.74 Å². The Morgan fingerprint density at radius 2 is 2.09 bits per heavy atom. The molecule has 0 bridgehead atoms. The molecule has 1 N–H and O–H groups in total. The lowest BCUT2D eigenvalue weighted by molar-refractivity contribution is -0.109. The number of carbonyl (C=O) groups excluding carboxylic acids is 1. The molecular formula is C16H18N4O2S. The second kappa shape index (κ2) is 5.90. The summed E-state index contributed by atoms with van der Waals surface area (Å²) in [5.74, 6) is 0. The van der Waals surface area contributed by atoms with Crippen molar-refractivity contribution in [1.29, 1.82) is 0 Å². The molecule has 0 radical (unpaired) electrons. The van der Waals surface area contributed by atoms with Crippen LogP contribution in [0.3, 0.4) is 0 Å². The number of urea groups is 1. The van der Waals surface area contributed by atoms with Gasteiger partial charge in [-0.1, -0.05) is 34.8 Å². The van der Waals surface area contributed by atoms with Gasteiger partial charge in [-0.2, -0.15) is 0 Å². The highest BCUT2D eigenvalue weighted by Crippen LogP contribution is 2.54. The fraction of sp³-hybridized carbons (Fsp3) is 0.438. The van der Waals surface area contributed by atoms with Gasteiger partial charge in [-0.25, -0.2) is 4.79 Å². The molecule has 2 amide bonds. The van der Waals surface area contributed by atoms with E-state index in [0.717, 1.165) is 32.6 Å². The highest BCUT2D eigenvalue weighted by atomic mass is 32.1. The normalized spacial score (nSPS) is 22.6. The lowest BCUT2D eigenvalue weighted by Crippen LogP contribution is -2.63. The molecule has 1 spiro atoms. The number of rotatable bonds is 2. The van der Waals surface area contributed by atoms with Gasteiger partial charge in [-0.3, -0.25) is 5.32 Å². The minimum Gasteiger partial charge on any atom is -0.381 e. The largest absolute Gasteiger partial charge is 0.381 e. The van der Waals surface area contributed by atoms with Crippen LogP contribution in [0.2, 0.25) is 0 Å². The molecule has 120 valence electrons. The smallest absolute Gasteiger partial charge is 0.323 e. The highest BCUT2D eigenvalue weighted by Gasteiger charge is 2.55. The lowest BCUT2D eigenvalue weighted by atomic mass is 9.64. The fourth-order valence-electron chi connectivity index (χ4n) is 3.70. The zero-order valence-electron chi connectivity index (χ0n) is 12.6. The van der Waals surface area contributed by atoms with Gasteiger partial charge in [-0.05, 0) is 18.4 Å². The van der Waals surface area contributed by atoms with E-state index in [2.05, 4.69) is 27.0 Å². The molecule has 1 aromatic carbocycles. The van der Waals surface area contributed by atoms with Gasteiger partial charge in [0.2, 0.25) is 0 Å². The molecule has 23 heavy (non-hydrogen) atoms. The third-order valence-corrected chi connectivity index (χ3v) is 5.41. The van der Waals surface area contributed by atoms with Crippen molar-refractivity contribution in [2.24, 2.45) is 5.41 Å². The minimum absolute atomic E-state index is 0.0815. The first-order valence-electron chi connectivity index (χ1n) is 7.76. The van der Waals surface area contributed by atoms with Gasteiger partial charge in [0.05, 0.1) is 12.2 Å². The average Bonchev–Trinajstić information content (AvgIpc) is 3.07. The Hall–Kier alpha value is -1.99. The van der Waals surface area contributed by atoms with Crippen molar-refractivity contribution in [2.45, 2.75) is 18.9 Å². The van der Waals surface area contributed by atoms with E-state index >= 15 is 0 Å². The molecule has 0 saturated carbocycles. The second-order valence-corrected chi connectivity index (χ2v) is 6.91. The number of nitrogens with zero attached hydrogens (tertiary/aromatic N) is 3. The van der Waals surface area contributed by atoms with Crippen LogP contribution >= 0.6 is 11.5 Å². The highest BCUT2D eigenvalue weighted by molar-refractivity contribution is 7.10. The monoisotopic (exact) mass is 330 g/mol. The van der Waals surface area contributed by atoms with Crippen molar-refractivity contribution in [3.8, 4) is 0 Å². The van der Waals surface area contributed by atoms with Crippen LogP contribution in [0.25, 0.3) is 0 Å². The first-order valence-corrected chi connectivity index (χ1v) is 8.54. The molecule has 2 aliphatic heterocycles. The van der Waals surface area contributed by atoms with Crippen LogP contribution in [0.15, 0.2) is 36.5 Å². The Morgan fingerprint density at radius 1 is 1.30 bits per heavy atom. The average molecular weight is 330 g/mol. The number of likely N-dealkylation sites (tertiary alicyclic amines) is 1. The van der Waals surface area contributed by atoms with Crippen LogP contribution in [-0.4, -0.2) is 40.3 Å². The van der Waals surface area contributed by atoms with Crippen molar-refractivity contribution in [2.75, 3.05) is 25.1 Å². The van der Waals surface area contributed by atoms with E-state index in [9.17, 15) is 4.79 Å². The maximum atomic E-state index is 12.6. The quantitative estimate of drug-likeness (QED) is 0.919. The molecule has 2 fully saturated rings. The third-order valence-electron chi connectivity index (χ3n) is 4.83. The predicted molar refractivity (Wildman–Crippen MR) is 87.3 cm³/mol. The number of hydrogen-bond acceptors (Lipinski definition) is 5. The maximum Gasteiger partial charge on any atom is 0.323 e. The second-order valence-electron chi connectivity index (χ2n) is 6.13. The van der Waals surface area contributed by atoms with Gasteiger partial charge in [0.1, 0.15) is 5.00 Å². The Balaban J connectivity index is 1.58. The number of benzene rings is 1. The van der Waals surface area contributed by atoms with E-state index in [1.165, 1.54) is 17.1 Å². The Kier molecular flexibility index (Phi) is 3.74. The number of hydrogen-bond donors (Lipinski definition) is 1. The number of anilines is 1. The molecule has 4 rings (SSSR count). The number of amides is 2. The Morgan fingerprint density at radius 3 is 2.78 bits per heavy atom. The molecule has 7 heteroatoms. The van der Waals surface area contributed by atoms with E-state index in [-0.39, 0.29) is 17.5 Å². The SMILES string of the molecule is O=C(Nc1cnns1)N1CC2(CCOCC2)C1c1ccccc1. The molecule has 6 nitrogen and oxygen atoms in total. The summed E-state index contributed by atoms with van der Waals surface area (Å²) < 4.78 is 9.31. The van der Waals surface area contributed by atoms with E-state index in [1.54, 1.807) is 6.20 Å². The van der Waals surface area contributed by atoms with E-state index < -0.39 is 0 Å².